The smallest absolute Gasteiger partial charge is 0.399 e. The quantitative estimate of drug-likeness (QED) is 0.787. The van der Waals surface area contributed by atoms with Crippen LogP contribution in [0.4, 0.5) is 4.39 Å². The first kappa shape index (κ1) is 14.5. The lowest BCUT2D eigenvalue weighted by molar-refractivity contribution is 0.00578. The van der Waals surface area contributed by atoms with Crippen molar-refractivity contribution >= 4 is 12.6 Å². The summed E-state index contributed by atoms with van der Waals surface area (Å²) in [5.41, 5.74) is 0.206. The molecule has 5 heteroatoms. The van der Waals surface area contributed by atoms with Crippen LogP contribution in [-0.2, 0) is 15.7 Å². The van der Waals surface area contributed by atoms with E-state index in [0.29, 0.717) is 5.46 Å². The van der Waals surface area contributed by atoms with Gasteiger partial charge in [0.2, 0.25) is 0 Å². The molecule has 1 aliphatic heterocycles. The number of hydrogen-bond acceptors (Lipinski definition) is 3. The third-order valence-corrected chi connectivity index (χ3v) is 3.95. The molecular weight excluding hydrogens is 244 g/mol. The van der Waals surface area contributed by atoms with E-state index in [1.54, 1.807) is 0 Å². The summed E-state index contributed by atoms with van der Waals surface area (Å²) in [6, 6.07) is 1.48. The molecule has 3 nitrogen and oxygen atoms in total. The number of aromatic nitrogens is 1. The zero-order valence-corrected chi connectivity index (χ0v) is 12.3. The molecule has 0 atom stereocenters. The summed E-state index contributed by atoms with van der Waals surface area (Å²) in [7, 11) is -0.687. The molecule has 0 bridgehead atoms. The molecule has 0 spiro atoms. The third kappa shape index (κ3) is 2.67. The second-order valence-corrected chi connectivity index (χ2v) is 6.04. The van der Waals surface area contributed by atoms with Crippen LogP contribution >= 0.6 is 0 Å². The average Bonchev–Trinajstić information content (AvgIpc) is 2.48. The second kappa shape index (κ2) is 4.87. The van der Waals surface area contributed by atoms with Crippen molar-refractivity contribution in [3.63, 3.8) is 0 Å². The van der Waals surface area contributed by atoms with Crippen LogP contribution < -0.4 is 5.46 Å². The predicted molar refractivity (Wildman–Crippen MR) is 73.9 cm³/mol. The van der Waals surface area contributed by atoms with E-state index < -0.39 is 18.3 Å². The zero-order chi connectivity index (χ0) is 14.3. The van der Waals surface area contributed by atoms with Gasteiger partial charge in [-0.15, -0.1) is 0 Å². The highest BCUT2D eigenvalue weighted by atomic mass is 19.1. The van der Waals surface area contributed by atoms with E-state index in [9.17, 15) is 4.39 Å². The summed E-state index contributed by atoms with van der Waals surface area (Å²) >= 11 is 0. The summed E-state index contributed by atoms with van der Waals surface area (Å²) in [5.74, 6) is -0.308. The van der Waals surface area contributed by atoms with Crippen LogP contribution in [0.2, 0.25) is 0 Å². The molecule has 0 radical (unpaired) electrons. The Morgan fingerprint density at radius 3 is 2.26 bits per heavy atom. The molecule has 2 heterocycles. The van der Waals surface area contributed by atoms with E-state index >= 15 is 0 Å². The number of hydrogen-bond donors (Lipinski definition) is 0. The van der Waals surface area contributed by atoms with Crippen molar-refractivity contribution in [3.05, 3.63) is 23.8 Å². The minimum absolute atomic E-state index is 0.308. The molecule has 1 fully saturated rings. The Hall–Kier alpha value is -0.935. The first-order valence-electron chi connectivity index (χ1n) is 6.77. The van der Waals surface area contributed by atoms with E-state index in [-0.39, 0.29) is 5.82 Å². The summed E-state index contributed by atoms with van der Waals surface area (Å²) in [6.07, 6.45) is 3.26. The fourth-order valence-corrected chi connectivity index (χ4v) is 2.02. The molecule has 104 valence electrons. The van der Waals surface area contributed by atoms with Gasteiger partial charge in [-0.2, -0.15) is 0 Å². The Bertz CT molecular complexity index is 461. The summed E-state index contributed by atoms with van der Waals surface area (Å²) in [6.45, 7) is 9.84. The molecule has 1 saturated heterocycles. The minimum atomic E-state index is -0.687. The molecule has 2 rings (SSSR count). The highest BCUT2D eigenvalue weighted by molar-refractivity contribution is 6.62. The van der Waals surface area contributed by atoms with Gasteiger partial charge in [-0.25, -0.2) is 4.39 Å². The maximum absolute atomic E-state index is 14.1. The van der Waals surface area contributed by atoms with E-state index in [0.717, 1.165) is 18.5 Å². The Kier molecular flexibility index (Phi) is 3.71. The monoisotopic (exact) mass is 265 g/mol. The summed E-state index contributed by atoms with van der Waals surface area (Å²) < 4.78 is 25.8. The maximum Gasteiger partial charge on any atom is 0.499 e. The highest BCUT2D eigenvalue weighted by Crippen LogP contribution is 2.36. The van der Waals surface area contributed by atoms with E-state index in [2.05, 4.69) is 4.98 Å². The molecule has 1 aromatic rings. The molecule has 0 aromatic carbocycles. The van der Waals surface area contributed by atoms with Gasteiger partial charge >= 0.3 is 7.12 Å². The van der Waals surface area contributed by atoms with Gasteiger partial charge in [-0.1, -0.05) is 13.3 Å². The van der Waals surface area contributed by atoms with Crippen molar-refractivity contribution in [3.8, 4) is 0 Å². The molecular formula is C14H21BFNO2. The predicted octanol–water partition coefficient (Wildman–Crippen LogP) is 2.47. The van der Waals surface area contributed by atoms with E-state index in [4.69, 9.17) is 9.31 Å². The van der Waals surface area contributed by atoms with E-state index in [1.807, 2.05) is 34.6 Å². The van der Waals surface area contributed by atoms with Gasteiger partial charge in [0.15, 0.2) is 0 Å². The molecule has 0 unspecified atom stereocenters. The molecule has 0 aliphatic carbocycles. The standard InChI is InChI=1S/C14H21BFNO2/c1-6-7-10-8-12(16)11(9-17-10)15-18-13(2,3)14(4,5)19-15/h8-9H,6-7H2,1-5H3. The first-order chi connectivity index (χ1) is 8.77. The van der Waals surface area contributed by atoms with E-state index in [1.165, 1.54) is 12.3 Å². The number of halogens is 1. The van der Waals surface area contributed by atoms with Gasteiger partial charge in [-0.3, -0.25) is 4.98 Å². The van der Waals surface area contributed by atoms with Gasteiger partial charge in [0, 0.05) is 17.4 Å². The van der Waals surface area contributed by atoms with Crippen LogP contribution in [0.1, 0.15) is 46.7 Å². The van der Waals surface area contributed by atoms with Crippen molar-refractivity contribution in [2.45, 2.75) is 58.7 Å². The normalized spacial score (nSPS) is 20.8. The lowest BCUT2D eigenvalue weighted by Gasteiger charge is -2.32. The van der Waals surface area contributed by atoms with Gasteiger partial charge < -0.3 is 9.31 Å². The lowest BCUT2D eigenvalue weighted by Crippen LogP contribution is -2.41. The molecule has 0 N–H and O–H groups in total. The topological polar surface area (TPSA) is 31.4 Å². The van der Waals surface area contributed by atoms with Crippen molar-refractivity contribution in [2.75, 3.05) is 0 Å². The number of pyridine rings is 1. The van der Waals surface area contributed by atoms with Gasteiger partial charge in [0.25, 0.3) is 0 Å². The average molecular weight is 265 g/mol. The molecule has 1 aliphatic rings. The van der Waals surface area contributed by atoms with Gasteiger partial charge in [0.1, 0.15) is 5.82 Å². The maximum atomic E-state index is 14.1. The second-order valence-electron chi connectivity index (χ2n) is 6.04. The van der Waals surface area contributed by atoms with Crippen LogP contribution in [0, 0.1) is 5.82 Å². The first-order valence-corrected chi connectivity index (χ1v) is 6.77. The van der Waals surface area contributed by atoms with Gasteiger partial charge in [-0.05, 0) is 40.2 Å². The lowest BCUT2D eigenvalue weighted by atomic mass is 9.79. The third-order valence-electron chi connectivity index (χ3n) is 3.95. The van der Waals surface area contributed by atoms with Crippen LogP contribution in [-0.4, -0.2) is 23.3 Å². The molecule has 0 saturated carbocycles. The zero-order valence-electron chi connectivity index (χ0n) is 12.3. The molecule has 19 heavy (non-hydrogen) atoms. The summed E-state index contributed by atoms with van der Waals surface area (Å²) in [4.78, 5) is 4.27. The van der Waals surface area contributed by atoms with Crippen LogP contribution in [0.25, 0.3) is 0 Å². The fraction of sp³-hybridized carbons (Fsp3) is 0.643. The Balaban J connectivity index is 2.25. The summed E-state index contributed by atoms with van der Waals surface area (Å²) in [5, 5.41) is 0. The number of nitrogens with zero attached hydrogens (tertiary/aromatic N) is 1. The molecule has 1 aromatic heterocycles. The van der Waals surface area contributed by atoms with Crippen LogP contribution in [0.5, 0.6) is 0 Å². The largest absolute Gasteiger partial charge is 0.499 e. The minimum Gasteiger partial charge on any atom is -0.399 e. The van der Waals surface area contributed by atoms with Crippen LogP contribution in [0.15, 0.2) is 12.3 Å². The van der Waals surface area contributed by atoms with Crippen molar-refractivity contribution in [1.82, 2.24) is 4.98 Å². The Labute approximate surface area is 114 Å². The van der Waals surface area contributed by atoms with Crippen molar-refractivity contribution < 1.29 is 13.7 Å². The van der Waals surface area contributed by atoms with Crippen molar-refractivity contribution in [2.24, 2.45) is 0 Å². The highest BCUT2D eigenvalue weighted by Gasteiger charge is 2.52. The SMILES string of the molecule is CCCc1cc(F)c(B2OC(C)(C)C(C)(C)O2)cn1. The Morgan fingerprint density at radius 1 is 1.21 bits per heavy atom. The van der Waals surface area contributed by atoms with Crippen LogP contribution in [0.3, 0.4) is 0 Å². The fourth-order valence-electron chi connectivity index (χ4n) is 2.02. The Morgan fingerprint density at radius 2 is 1.79 bits per heavy atom. The van der Waals surface area contributed by atoms with Crippen molar-refractivity contribution in [1.29, 1.82) is 0 Å². The number of rotatable bonds is 3. The number of aryl methyl sites for hydroxylation is 1. The van der Waals surface area contributed by atoms with Gasteiger partial charge in [0.05, 0.1) is 11.2 Å². The molecule has 0 amide bonds.